The van der Waals surface area contributed by atoms with E-state index < -0.39 is 10.7 Å². The second-order valence-electron chi connectivity index (χ2n) is 6.30. The number of hydrogen-bond donors (Lipinski definition) is 2. The van der Waals surface area contributed by atoms with Crippen molar-refractivity contribution in [3.8, 4) is 22.6 Å². The summed E-state index contributed by atoms with van der Waals surface area (Å²) < 4.78 is 13.5. The van der Waals surface area contributed by atoms with Gasteiger partial charge in [-0.1, -0.05) is 11.6 Å². The van der Waals surface area contributed by atoms with Crippen molar-refractivity contribution in [2.75, 3.05) is 11.9 Å². The number of halogens is 2. The van der Waals surface area contributed by atoms with Gasteiger partial charge in [0.25, 0.3) is 5.69 Å². The van der Waals surface area contributed by atoms with Gasteiger partial charge in [-0.05, 0) is 24.3 Å². The molecule has 1 radical (unpaired) electrons. The van der Waals surface area contributed by atoms with E-state index in [0.29, 0.717) is 40.8 Å². The Morgan fingerprint density at radius 1 is 1.16 bits per heavy atom. The molecule has 4 aromatic rings. The summed E-state index contributed by atoms with van der Waals surface area (Å²) in [6, 6.07) is 6.95. The number of nitrogens with one attached hydrogen (secondary N) is 2. The molecule has 31 heavy (non-hydrogen) atoms. The fourth-order valence-corrected chi connectivity index (χ4v) is 3.07. The van der Waals surface area contributed by atoms with Crippen LogP contribution < -0.4 is 5.32 Å². The molecule has 0 aliphatic carbocycles. The maximum Gasteiger partial charge on any atom is 0.287 e. The topological polar surface area (TPSA) is 123 Å². The monoisotopic (exact) mass is 438 g/mol. The van der Waals surface area contributed by atoms with E-state index in [4.69, 9.17) is 11.6 Å². The highest BCUT2D eigenvalue weighted by Crippen LogP contribution is 2.33. The van der Waals surface area contributed by atoms with E-state index in [-0.39, 0.29) is 10.7 Å². The van der Waals surface area contributed by atoms with Gasteiger partial charge >= 0.3 is 0 Å². The summed E-state index contributed by atoms with van der Waals surface area (Å²) in [6.45, 7) is 0.321. The number of nitro groups is 1. The van der Waals surface area contributed by atoms with Crippen molar-refractivity contribution in [1.82, 2.24) is 24.9 Å². The highest BCUT2D eigenvalue weighted by atomic mass is 35.5. The number of nitrogens with zero attached hydrogens (tertiary/aromatic N) is 5. The smallest absolute Gasteiger partial charge is 0.287 e. The molecular weight excluding hydrogens is 425 g/mol. The van der Waals surface area contributed by atoms with Crippen molar-refractivity contribution in [3.63, 3.8) is 0 Å². The Balaban J connectivity index is 1.57. The predicted octanol–water partition coefficient (Wildman–Crippen LogP) is 4.29. The molecule has 1 aromatic carbocycles. The lowest BCUT2D eigenvalue weighted by molar-refractivity contribution is -0.385. The maximum atomic E-state index is 13.5. The van der Waals surface area contributed by atoms with Gasteiger partial charge in [0.15, 0.2) is 0 Å². The number of imidazole rings is 1. The van der Waals surface area contributed by atoms with Crippen LogP contribution in [-0.2, 0) is 0 Å². The van der Waals surface area contributed by atoms with Crippen LogP contribution in [0.15, 0.2) is 55.1 Å². The van der Waals surface area contributed by atoms with Crippen molar-refractivity contribution in [2.24, 2.45) is 0 Å². The highest BCUT2D eigenvalue weighted by Gasteiger charge is 2.16. The van der Waals surface area contributed by atoms with E-state index >= 15 is 0 Å². The standard InChI is InChI=1S/C20H14ClFN7O2/c21-16-9-12(22)1-3-14(16)19-15(20-24-7-8-25-20)11-27-18(28-19)5-6-23-17-4-2-13(10-26-17)29(30)31/h1-5,7-11H,6H2,(H,23,26)(H,24,25). The average molecular weight is 439 g/mol. The fraction of sp³-hybridized carbons (Fsp3) is 0.0500. The molecule has 0 bridgehead atoms. The summed E-state index contributed by atoms with van der Waals surface area (Å²) in [7, 11) is 0. The molecule has 0 aliphatic rings. The van der Waals surface area contributed by atoms with Crippen molar-refractivity contribution in [3.05, 3.63) is 88.3 Å². The number of aromatic amines is 1. The van der Waals surface area contributed by atoms with Gasteiger partial charge in [0, 0.05) is 43.2 Å². The molecule has 11 heteroatoms. The zero-order valence-electron chi connectivity index (χ0n) is 15.8. The van der Waals surface area contributed by atoms with Gasteiger partial charge < -0.3 is 10.3 Å². The summed E-state index contributed by atoms with van der Waals surface area (Å²) in [5.74, 6) is 0.972. The Morgan fingerprint density at radius 2 is 2.03 bits per heavy atom. The van der Waals surface area contributed by atoms with Crippen LogP contribution >= 0.6 is 11.6 Å². The third-order valence-electron chi connectivity index (χ3n) is 4.27. The predicted molar refractivity (Wildman–Crippen MR) is 113 cm³/mol. The van der Waals surface area contributed by atoms with Gasteiger partial charge in [0.1, 0.15) is 29.5 Å². The van der Waals surface area contributed by atoms with Crippen LogP contribution in [0.25, 0.3) is 22.6 Å². The summed E-state index contributed by atoms with van der Waals surface area (Å²) in [4.78, 5) is 30.3. The SMILES string of the molecule is O=[N+]([O-])c1ccc(NC[CH]c2ncc(-c3ncc[nH]3)c(-c3ccc(F)cc3Cl)n2)nc1. The minimum atomic E-state index is -0.514. The number of pyridine rings is 1. The summed E-state index contributed by atoms with van der Waals surface area (Å²) in [5.41, 5.74) is 1.55. The quantitative estimate of drug-likeness (QED) is 0.326. The average Bonchev–Trinajstić information content (AvgIpc) is 3.29. The molecule has 0 saturated heterocycles. The molecule has 0 atom stereocenters. The van der Waals surface area contributed by atoms with Crippen molar-refractivity contribution >= 4 is 23.1 Å². The minimum absolute atomic E-state index is 0.0906. The van der Waals surface area contributed by atoms with Crippen LogP contribution in [0, 0.1) is 22.4 Å². The molecule has 3 aromatic heterocycles. The summed E-state index contributed by atoms with van der Waals surface area (Å²) in [5, 5.41) is 13.9. The molecule has 0 fully saturated rings. The summed E-state index contributed by atoms with van der Waals surface area (Å²) >= 11 is 6.26. The minimum Gasteiger partial charge on any atom is -0.369 e. The molecule has 0 spiro atoms. The molecule has 155 valence electrons. The first-order chi connectivity index (χ1) is 15.0. The lowest BCUT2D eigenvalue weighted by Crippen LogP contribution is -2.08. The van der Waals surface area contributed by atoms with Crippen molar-refractivity contribution in [1.29, 1.82) is 0 Å². The number of rotatable bonds is 7. The Hall–Kier alpha value is -3.92. The third kappa shape index (κ3) is 4.64. The molecule has 0 unspecified atom stereocenters. The van der Waals surface area contributed by atoms with E-state index in [0.717, 1.165) is 0 Å². The molecule has 9 nitrogen and oxygen atoms in total. The molecule has 3 heterocycles. The maximum absolute atomic E-state index is 13.5. The highest BCUT2D eigenvalue weighted by molar-refractivity contribution is 6.33. The van der Waals surface area contributed by atoms with E-state index in [9.17, 15) is 14.5 Å². The number of aromatic nitrogens is 5. The first-order valence-corrected chi connectivity index (χ1v) is 9.39. The van der Waals surface area contributed by atoms with Gasteiger partial charge in [-0.25, -0.2) is 24.3 Å². The second kappa shape index (κ2) is 8.84. The van der Waals surface area contributed by atoms with Crippen LogP contribution in [0.1, 0.15) is 5.82 Å². The van der Waals surface area contributed by atoms with E-state index in [1.807, 2.05) is 0 Å². The van der Waals surface area contributed by atoms with Gasteiger partial charge in [-0.15, -0.1) is 0 Å². The third-order valence-corrected chi connectivity index (χ3v) is 4.59. The van der Waals surface area contributed by atoms with Gasteiger partial charge in [-0.3, -0.25) is 10.1 Å². The van der Waals surface area contributed by atoms with Crippen LogP contribution in [0.3, 0.4) is 0 Å². The van der Waals surface area contributed by atoms with E-state index in [1.165, 1.54) is 30.5 Å². The molecule has 2 N–H and O–H groups in total. The molecule has 4 rings (SSSR count). The summed E-state index contributed by atoms with van der Waals surface area (Å²) in [6.07, 6.45) is 7.78. The number of H-pyrrole nitrogens is 1. The fourth-order valence-electron chi connectivity index (χ4n) is 2.81. The van der Waals surface area contributed by atoms with Crippen molar-refractivity contribution in [2.45, 2.75) is 0 Å². The van der Waals surface area contributed by atoms with Crippen LogP contribution in [0.5, 0.6) is 0 Å². The van der Waals surface area contributed by atoms with Gasteiger partial charge in [0.2, 0.25) is 0 Å². The second-order valence-corrected chi connectivity index (χ2v) is 6.70. The van der Waals surface area contributed by atoms with E-state index in [2.05, 4.69) is 30.2 Å². The Labute approximate surface area is 180 Å². The molecular formula is C20H14ClFN7O2. The molecule has 0 saturated carbocycles. The van der Waals surface area contributed by atoms with Gasteiger partial charge in [0.05, 0.1) is 21.2 Å². The lowest BCUT2D eigenvalue weighted by atomic mass is 10.1. The number of hydrogen-bond acceptors (Lipinski definition) is 7. The van der Waals surface area contributed by atoms with E-state index in [1.54, 1.807) is 31.1 Å². The van der Waals surface area contributed by atoms with Crippen LogP contribution in [0.4, 0.5) is 15.9 Å². The zero-order chi connectivity index (χ0) is 21.8. The van der Waals surface area contributed by atoms with Gasteiger partial charge in [-0.2, -0.15) is 0 Å². The Kier molecular flexibility index (Phi) is 5.80. The largest absolute Gasteiger partial charge is 0.369 e. The molecule has 0 amide bonds. The zero-order valence-corrected chi connectivity index (χ0v) is 16.5. The lowest BCUT2D eigenvalue weighted by Gasteiger charge is -2.11. The van der Waals surface area contributed by atoms with Crippen molar-refractivity contribution < 1.29 is 9.31 Å². The normalized spacial score (nSPS) is 10.8. The Morgan fingerprint density at radius 3 is 2.71 bits per heavy atom. The number of benzene rings is 1. The number of anilines is 1. The first-order valence-electron chi connectivity index (χ1n) is 9.01. The Bertz CT molecular complexity index is 1220. The molecule has 0 aliphatic heterocycles. The van der Waals surface area contributed by atoms with Crippen LogP contribution in [0.2, 0.25) is 5.02 Å². The van der Waals surface area contributed by atoms with Crippen LogP contribution in [-0.4, -0.2) is 36.4 Å². The first kappa shape index (κ1) is 20.4.